The molecule has 0 amide bonds. The minimum atomic E-state index is -0.0702. The molecule has 17 heavy (non-hydrogen) atoms. The van der Waals surface area contributed by atoms with Gasteiger partial charge in [-0.15, -0.1) is 0 Å². The first-order chi connectivity index (χ1) is 8.06. The second kappa shape index (κ2) is 5.34. The van der Waals surface area contributed by atoms with E-state index in [2.05, 4.69) is 12.2 Å². The van der Waals surface area contributed by atoms with Crippen molar-refractivity contribution in [3.63, 3.8) is 0 Å². The number of ether oxygens (including phenoxy) is 1. The molecule has 0 saturated carbocycles. The van der Waals surface area contributed by atoms with Crippen molar-refractivity contribution in [3.05, 3.63) is 22.2 Å². The molecule has 1 heterocycles. The van der Waals surface area contributed by atoms with Gasteiger partial charge < -0.3 is 15.2 Å². The van der Waals surface area contributed by atoms with Crippen LogP contribution in [0.2, 0.25) is 10.0 Å². The van der Waals surface area contributed by atoms with Crippen LogP contribution in [-0.2, 0) is 4.74 Å². The SMILES string of the molecule is CC1CC(Nc2cc(Cl)c(O)c(Cl)c2)CCO1. The maximum atomic E-state index is 9.47. The number of aromatic hydroxyl groups is 1. The molecule has 5 heteroatoms. The molecule has 0 aromatic heterocycles. The first-order valence-corrected chi connectivity index (χ1v) is 6.38. The lowest BCUT2D eigenvalue weighted by atomic mass is 10.0. The van der Waals surface area contributed by atoms with Crippen molar-refractivity contribution in [2.45, 2.75) is 31.9 Å². The van der Waals surface area contributed by atoms with E-state index in [9.17, 15) is 5.11 Å². The molecule has 2 N–H and O–H groups in total. The first kappa shape index (κ1) is 12.8. The van der Waals surface area contributed by atoms with Crippen LogP contribution in [0, 0.1) is 0 Å². The minimum Gasteiger partial charge on any atom is -0.505 e. The largest absolute Gasteiger partial charge is 0.505 e. The number of benzene rings is 1. The van der Waals surface area contributed by atoms with Gasteiger partial charge in [-0.3, -0.25) is 0 Å². The van der Waals surface area contributed by atoms with Crippen LogP contribution >= 0.6 is 23.2 Å². The molecular weight excluding hydrogens is 261 g/mol. The fraction of sp³-hybridized carbons (Fsp3) is 0.500. The lowest BCUT2D eigenvalue weighted by Crippen LogP contribution is -2.32. The van der Waals surface area contributed by atoms with Gasteiger partial charge in [0.15, 0.2) is 5.75 Å². The van der Waals surface area contributed by atoms with Crippen molar-refractivity contribution < 1.29 is 9.84 Å². The summed E-state index contributed by atoms with van der Waals surface area (Å²) in [5.74, 6) is -0.0702. The zero-order valence-corrected chi connectivity index (χ0v) is 11.1. The van der Waals surface area contributed by atoms with Crippen molar-refractivity contribution in [1.82, 2.24) is 0 Å². The fourth-order valence-electron chi connectivity index (χ4n) is 2.01. The van der Waals surface area contributed by atoms with E-state index in [1.54, 1.807) is 12.1 Å². The number of halogens is 2. The summed E-state index contributed by atoms with van der Waals surface area (Å²) >= 11 is 11.7. The van der Waals surface area contributed by atoms with E-state index in [0.717, 1.165) is 25.1 Å². The number of anilines is 1. The van der Waals surface area contributed by atoms with Crippen LogP contribution in [0.4, 0.5) is 5.69 Å². The highest BCUT2D eigenvalue weighted by atomic mass is 35.5. The zero-order valence-electron chi connectivity index (χ0n) is 9.54. The molecule has 1 aromatic carbocycles. The van der Waals surface area contributed by atoms with Crippen LogP contribution in [0.1, 0.15) is 19.8 Å². The molecule has 0 radical (unpaired) electrons. The van der Waals surface area contributed by atoms with E-state index in [0.29, 0.717) is 6.04 Å². The second-order valence-corrected chi connectivity index (χ2v) is 5.15. The predicted molar refractivity (Wildman–Crippen MR) is 70.2 cm³/mol. The van der Waals surface area contributed by atoms with Gasteiger partial charge in [0.1, 0.15) is 0 Å². The van der Waals surface area contributed by atoms with E-state index < -0.39 is 0 Å². The molecule has 1 aliphatic rings. The number of phenolic OH excluding ortho intramolecular Hbond substituents is 1. The Morgan fingerprint density at radius 1 is 1.35 bits per heavy atom. The molecule has 94 valence electrons. The highest BCUT2D eigenvalue weighted by molar-refractivity contribution is 6.37. The van der Waals surface area contributed by atoms with Crippen LogP contribution in [0.25, 0.3) is 0 Å². The Bertz CT molecular complexity index is 388. The number of hydrogen-bond acceptors (Lipinski definition) is 3. The molecular formula is C12H15Cl2NO2. The third-order valence-corrected chi connectivity index (χ3v) is 3.45. The Kier molecular flexibility index (Phi) is 4.02. The summed E-state index contributed by atoms with van der Waals surface area (Å²) in [6.07, 6.45) is 2.18. The van der Waals surface area contributed by atoms with Crippen LogP contribution in [0.3, 0.4) is 0 Å². The molecule has 1 saturated heterocycles. The quantitative estimate of drug-likeness (QED) is 0.810. The van der Waals surface area contributed by atoms with Gasteiger partial charge in [0, 0.05) is 18.3 Å². The normalized spacial score (nSPS) is 24.6. The molecule has 3 nitrogen and oxygen atoms in total. The molecule has 2 atom stereocenters. The fourth-order valence-corrected chi connectivity index (χ4v) is 2.50. The topological polar surface area (TPSA) is 41.5 Å². The molecule has 0 bridgehead atoms. The summed E-state index contributed by atoms with van der Waals surface area (Å²) in [5, 5.41) is 13.4. The number of phenols is 1. The highest BCUT2D eigenvalue weighted by Crippen LogP contribution is 2.35. The Labute approximate surface area is 111 Å². The maximum absolute atomic E-state index is 9.47. The summed E-state index contributed by atoms with van der Waals surface area (Å²) in [7, 11) is 0. The molecule has 1 aliphatic heterocycles. The Hall–Kier alpha value is -0.640. The van der Waals surface area contributed by atoms with Crippen LogP contribution in [0.15, 0.2) is 12.1 Å². The average Bonchev–Trinajstić information content (AvgIpc) is 2.26. The summed E-state index contributed by atoms with van der Waals surface area (Å²) in [5.41, 5.74) is 0.830. The van der Waals surface area contributed by atoms with Gasteiger partial charge in [0.2, 0.25) is 0 Å². The van der Waals surface area contributed by atoms with Crippen LogP contribution in [0.5, 0.6) is 5.75 Å². The number of nitrogens with one attached hydrogen (secondary N) is 1. The third-order valence-electron chi connectivity index (χ3n) is 2.87. The minimum absolute atomic E-state index is 0.0702. The second-order valence-electron chi connectivity index (χ2n) is 4.34. The van der Waals surface area contributed by atoms with Crippen molar-refractivity contribution in [1.29, 1.82) is 0 Å². The van der Waals surface area contributed by atoms with Crippen molar-refractivity contribution in [3.8, 4) is 5.75 Å². The van der Waals surface area contributed by atoms with E-state index in [4.69, 9.17) is 27.9 Å². The predicted octanol–water partition coefficient (Wildman–Crippen LogP) is 3.68. The monoisotopic (exact) mass is 275 g/mol. The summed E-state index contributed by atoms with van der Waals surface area (Å²) in [4.78, 5) is 0. The number of hydrogen-bond donors (Lipinski definition) is 2. The maximum Gasteiger partial charge on any atom is 0.152 e. The smallest absolute Gasteiger partial charge is 0.152 e. The summed E-state index contributed by atoms with van der Waals surface area (Å²) in [6, 6.07) is 3.72. The third kappa shape index (κ3) is 3.18. The van der Waals surface area contributed by atoms with E-state index in [-0.39, 0.29) is 21.9 Å². The summed E-state index contributed by atoms with van der Waals surface area (Å²) in [6.45, 7) is 2.82. The van der Waals surface area contributed by atoms with Gasteiger partial charge in [0.25, 0.3) is 0 Å². The van der Waals surface area contributed by atoms with Gasteiger partial charge in [-0.2, -0.15) is 0 Å². The number of rotatable bonds is 2. The Balaban J connectivity index is 2.08. The lowest BCUT2D eigenvalue weighted by molar-refractivity contribution is 0.0232. The Morgan fingerprint density at radius 2 is 2.00 bits per heavy atom. The van der Waals surface area contributed by atoms with E-state index in [1.165, 1.54) is 0 Å². The van der Waals surface area contributed by atoms with Crippen LogP contribution in [-0.4, -0.2) is 23.9 Å². The highest BCUT2D eigenvalue weighted by Gasteiger charge is 2.19. The molecule has 0 aliphatic carbocycles. The van der Waals surface area contributed by atoms with Gasteiger partial charge in [0.05, 0.1) is 16.1 Å². The molecule has 0 spiro atoms. The molecule has 2 rings (SSSR count). The van der Waals surface area contributed by atoms with Crippen molar-refractivity contribution in [2.75, 3.05) is 11.9 Å². The molecule has 1 aromatic rings. The lowest BCUT2D eigenvalue weighted by Gasteiger charge is -2.28. The molecule has 1 fully saturated rings. The van der Waals surface area contributed by atoms with Gasteiger partial charge in [-0.05, 0) is 31.9 Å². The van der Waals surface area contributed by atoms with Crippen molar-refractivity contribution in [2.24, 2.45) is 0 Å². The Morgan fingerprint density at radius 3 is 2.59 bits per heavy atom. The van der Waals surface area contributed by atoms with E-state index >= 15 is 0 Å². The van der Waals surface area contributed by atoms with E-state index in [1.807, 2.05) is 0 Å². The summed E-state index contributed by atoms with van der Waals surface area (Å²) < 4.78 is 5.48. The average molecular weight is 276 g/mol. The zero-order chi connectivity index (χ0) is 12.4. The van der Waals surface area contributed by atoms with Crippen LogP contribution < -0.4 is 5.32 Å². The van der Waals surface area contributed by atoms with Gasteiger partial charge in [-0.1, -0.05) is 23.2 Å². The van der Waals surface area contributed by atoms with Gasteiger partial charge >= 0.3 is 0 Å². The van der Waals surface area contributed by atoms with Gasteiger partial charge in [-0.25, -0.2) is 0 Å². The van der Waals surface area contributed by atoms with Crippen molar-refractivity contribution >= 4 is 28.9 Å². The first-order valence-electron chi connectivity index (χ1n) is 5.62. The molecule has 2 unspecified atom stereocenters. The standard InChI is InChI=1S/C12H15Cl2NO2/c1-7-4-8(2-3-17-7)15-9-5-10(13)12(16)11(14)6-9/h5-8,15-16H,2-4H2,1H3.